The average Bonchev–Trinajstić information content (AvgIpc) is 2.54. The van der Waals surface area contributed by atoms with Crippen LogP contribution in [0.15, 0.2) is 29.4 Å². The fourth-order valence-corrected chi connectivity index (χ4v) is 2.95. The number of nitrogen functional groups attached to an aromatic ring is 1. The number of nitrogens with one attached hydrogen (secondary N) is 1. The van der Waals surface area contributed by atoms with E-state index in [1.165, 1.54) is 10.9 Å². The lowest BCUT2D eigenvalue weighted by atomic mass is 10.4. The van der Waals surface area contributed by atoms with Crippen LogP contribution in [0.25, 0.3) is 0 Å². The molecule has 0 aliphatic rings. The summed E-state index contributed by atoms with van der Waals surface area (Å²) in [7, 11) is -2.12. The number of nitrogens with zero attached hydrogens (tertiary/aromatic N) is 3. The molecule has 2 rings (SSSR count). The summed E-state index contributed by atoms with van der Waals surface area (Å²) in [6.07, 6.45) is 2.97. The maximum absolute atomic E-state index is 12.2. The van der Waals surface area contributed by atoms with Crippen LogP contribution in [0.2, 0.25) is 0 Å². The molecule has 0 saturated heterocycles. The van der Waals surface area contributed by atoms with Crippen LogP contribution >= 0.6 is 0 Å². The Balaban J connectivity index is 2.43. The maximum atomic E-state index is 12.2. The molecule has 0 aromatic carbocycles. The zero-order valence-electron chi connectivity index (χ0n) is 9.95. The molecule has 8 heteroatoms. The van der Waals surface area contributed by atoms with Crippen LogP contribution in [0.1, 0.15) is 5.69 Å². The van der Waals surface area contributed by atoms with Crippen molar-refractivity contribution in [3.63, 3.8) is 0 Å². The van der Waals surface area contributed by atoms with Crippen molar-refractivity contribution in [3.05, 3.63) is 30.2 Å². The Hall–Kier alpha value is -2.09. The van der Waals surface area contributed by atoms with Crippen molar-refractivity contribution in [3.8, 4) is 0 Å². The smallest absolute Gasteiger partial charge is 0.267 e. The van der Waals surface area contributed by atoms with E-state index in [2.05, 4.69) is 14.8 Å². The Morgan fingerprint density at radius 3 is 2.67 bits per heavy atom. The van der Waals surface area contributed by atoms with Gasteiger partial charge in [0, 0.05) is 13.2 Å². The lowest BCUT2D eigenvalue weighted by Gasteiger charge is -2.07. The Morgan fingerprint density at radius 1 is 1.44 bits per heavy atom. The molecule has 0 radical (unpaired) electrons. The molecule has 0 fully saturated rings. The van der Waals surface area contributed by atoms with Crippen molar-refractivity contribution in [1.82, 2.24) is 14.8 Å². The Bertz CT molecular complexity index is 663. The highest BCUT2D eigenvalue weighted by Crippen LogP contribution is 2.23. The number of nitrogens with two attached hydrogens (primary N) is 1. The van der Waals surface area contributed by atoms with Crippen molar-refractivity contribution in [1.29, 1.82) is 0 Å². The molecule has 0 amide bonds. The largest absolute Gasteiger partial charge is 0.381 e. The molecule has 0 bridgehead atoms. The van der Waals surface area contributed by atoms with Gasteiger partial charge in [0.15, 0.2) is 10.7 Å². The van der Waals surface area contributed by atoms with Gasteiger partial charge in [0.25, 0.3) is 10.0 Å². The summed E-state index contributed by atoms with van der Waals surface area (Å²) in [6.45, 7) is 1.64. The number of hydrogen-bond acceptors (Lipinski definition) is 5. The number of sulfonamides is 1. The average molecular weight is 267 g/mol. The first kappa shape index (κ1) is 12.4. The Morgan fingerprint density at radius 2 is 2.17 bits per heavy atom. The first-order chi connectivity index (χ1) is 8.42. The van der Waals surface area contributed by atoms with E-state index in [1.807, 2.05) is 0 Å². The van der Waals surface area contributed by atoms with Gasteiger partial charge in [-0.3, -0.25) is 14.4 Å². The van der Waals surface area contributed by atoms with Crippen LogP contribution < -0.4 is 10.5 Å². The lowest BCUT2D eigenvalue weighted by molar-refractivity contribution is 0.600. The van der Waals surface area contributed by atoms with Crippen molar-refractivity contribution in [2.24, 2.45) is 7.05 Å². The zero-order valence-corrected chi connectivity index (χ0v) is 10.8. The molecular weight excluding hydrogens is 254 g/mol. The predicted molar refractivity (Wildman–Crippen MR) is 67.4 cm³/mol. The highest BCUT2D eigenvalue weighted by Gasteiger charge is 2.24. The molecular formula is C10H13N5O2S. The molecule has 18 heavy (non-hydrogen) atoms. The standard InChI is InChI=1S/C10H13N5O2S/c1-7-9(10(11)13-15(7)2)18(16,17)14-8-4-3-5-12-6-8/h3-6,14H,1-2H3,(H2,11,13). The van der Waals surface area contributed by atoms with E-state index >= 15 is 0 Å². The van der Waals surface area contributed by atoms with E-state index in [0.29, 0.717) is 11.4 Å². The molecule has 0 saturated carbocycles. The first-order valence-electron chi connectivity index (χ1n) is 5.14. The van der Waals surface area contributed by atoms with Gasteiger partial charge in [-0.2, -0.15) is 5.10 Å². The van der Waals surface area contributed by atoms with E-state index in [4.69, 9.17) is 5.73 Å². The van der Waals surface area contributed by atoms with Gasteiger partial charge in [-0.15, -0.1) is 0 Å². The van der Waals surface area contributed by atoms with E-state index in [0.717, 1.165) is 0 Å². The summed E-state index contributed by atoms with van der Waals surface area (Å²) >= 11 is 0. The highest BCUT2D eigenvalue weighted by molar-refractivity contribution is 7.93. The third kappa shape index (κ3) is 2.14. The van der Waals surface area contributed by atoms with E-state index < -0.39 is 10.0 Å². The van der Waals surface area contributed by atoms with Crippen molar-refractivity contribution in [2.45, 2.75) is 11.8 Å². The number of aromatic nitrogens is 3. The third-order valence-corrected chi connectivity index (χ3v) is 4.03. The minimum absolute atomic E-state index is 0.00569. The van der Waals surface area contributed by atoms with Gasteiger partial charge in [-0.25, -0.2) is 8.42 Å². The zero-order chi connectivity index (χ0) is 13.3. The van der Waals surface area contributed by atoms with Gasteiger partial charge in [0.2, 0.25) is 0 Å². The van der Waals surface area contributed by atoms with Crippen molar-refractivity contribution < 1.29 is 8.42 Å². The number of hydrogen-bond donors (Lipinski definition) is 2. The normalized spacial score (nSPS) is 11.4. The molecule has 2 heterocycles. The van der Waals surface area contributed by atoms with Gasteiger partial charge < -0.3 is 5.73 Å². The van der Waals surface area contributed by atoms with Gasteiger partial charge in [-0.05, 0) is 19.1 Å². The van der Waals surface area contributed by atoms with Gasteiger partial charge >= 0.3 is 0 Å². The summed E-state index contributed by atoms with van der Waals surface area (Å²) in [6, 6.07) is 3.24. The minimum atomic E-state index is -3.75. The van der Waals surface area contributed by atoms with Crippen LogP contribution in [-0.2, 0) is 17.1 Å². The minimum Gasteiger partial charge on any atom is -0.381 e. The topological polar surface area (TPSA) is 103 Å². The van der Waals surface area contributed by atoms with Gasteiger partial charge in [0.05, 0.1) is 17.6 Å². The number of pyridine rings is 1. The second-order valence-electron chi connectivity index (χ2n) is 3.77. The number of rotatable bonds is 3. The molecule has 0 aliphatic heterocycles. The van der Waals surface area contributed by atoms with Crippen molar-refractivity contribution >= 4 is 21.5 Å². The summed E-state index contributed by atoms with van der Waals surface area (Å²) < 4.78 is 28.2. The van der Waals surface area contributed by atoms with Crippen LogP contribution in [-0.4, -0.2) is 23.2 Å². The molecule has 0 atom stereocenters. The van der Waals surface area contributed by atoms with Crippen LogP contribution in [0.3, 0.4) is 0 Å². The van der Waals surface area contributed by atoms with Crippen LogP contribution in [0, 0.1) is 6.92 Å². The van der Waals surface area contributed by atoms with Crippen LogP contribution in [0.4, 0.5) is 11.5 Å². The second kappa shape index (κ2) is 4.30. The predicted octanol–water partition coefficient (Wildman–Crippen LogP) is 0.507. The fourth-order valence-electron chi connectivity index (χ4n) is 1.58. The summed E-state index contributed by atoms with van der Waals surface area (Å²) in [5.41, 5.74) is 6.47. The highest BCUT2D eigenvalue weighted by atomic mass is 32.2. The quantitative estimate of drug-likeness (QED) is 0.843. The second-order valence-corrected chi connectivity index (χ2v) is 5.39. The summed E-state index contributed by atoms with van der Waals surface area (Å²) in [4.78, 5) is 3.83. The van der Waals surface area contributed by atoms with E-state index in [1.54, 1.807) is 32.3 Å². The maximum Gasteiger partial charge on any atom is 0.267 e. The summed E-state index contributed by atoms with van der Waals surface area (Å²) in [5, 5.41) is 3.88. The lowest BCUT2D eigenvalue weighted by Crippen LogP contribution is -2.15. The van der Waals surface area contributed by atoms with E-state index in [9.17, 15) is 8.42 Å². The number of anilines is 2. The fraction of sp³-hybridized carbons (Fsp3) is 0.200. The summed E-state index contributed by atoms with van der Waals surface area (Å²) in [5.74, 6) is -0.0219. The molecule has 0 aliphatic carbocycles. The molecule has 0 spiro atoms. The monoisotopic (exact) mass is 267 g/mol. The van der Waals surface area contributed by atoms with Crippen molar-refractivity contribution in [2.75, 3.05) is 10.5 Å². The SMILES string of the molecule is Cc1c(S(=O)(=O)Nc2cccnc2)c(N)nn1C. The Labute approximate surface area is 105 Å². The molecule has 0 unspecified atom stereocenters. The van der Waals surface area contributed by atoms with Crippen LogP contribution in [0.5, 0.6) is 0 Å². The number of aryl methyl sites for hydroxylation is 1. The first-order valence-corrected chi connectivity index (χ1v) is 6.62. The molecule has 2 aromatic rings. The third-order valence-electron chi connectivity index (χ3n) is 2.49. The molecule has 2 aromatic heterocycles. The van der Waals surface area contributed by atoms with E-state index in [-0.39, 0.29) is 10.7 Å². The van der Waals surface area contributed by atoms with Gasteiger partial charge in [-0.1, -0.05) is 0 Å². The van der Waals surface area contributed by atoms with Gasteiger partial charge in [0.1, 0.15) is 0 Å². The molecule has 7 nitrogen and oxygen atoms in total. The molecule has 3 N–H and O–H groups in total. The molecule has 96 valence electrons. The Kier molecular flexibility index (Phi) is 2.95.